The summed E-state index contributed by atoms with van der Waals surface area (Å²) in [6.45, 7) is 15.0. The predicted octanol–water partition coefficient (Wildman–Crippen LogP) is 4.69. The van der Waals surface area contributed by atoms with Crippen LogP contribution in [0.3, 0.4) is 0 Å². The fourth-order valence-corrected chi connectivity index (χ4v) is 4.82. The van der Waals surface area contributed by atoms with E-state index in [4.69, 9.17) is 0 Å². The maximum atomic E-state index is 12.9. The molecule has 2 rings (SSSR count). The van der Waals surface area contributed by atoms with Crippen LogP contribution >= 0.6 is 23.1 Å². The van der Waals surface area contributed by atoms with E-state index < -0.39 is 0 Å². The SMILES string of the molecule is CCc1cc2c(SC(C)C(=O)N(CC)C(C)(C)C)nc(C)nc2s1. The molecule has 6 heteroatoms. The molecule has 0 N–H and O–H groups in total. The van der Waals surface area contributed by atoms with Gasteiger partial charge in [0.2, 0.25) is 5.91 Å². The maximum Gasteiger partial charge on any atom is 0.236 e. The number of carbonyl (C=O) groups excluding carboxylic acids is 1. The number of carbonyl (C=O) groups is 1. The molecule has 1 unspecified atom stereocenters. The Kier molecular flexibility index (Phi) is 5.91. The summed E-state index contributed by atoms with van der Waals surface area (Å²) >= 11 is 3.26. The molecule has 0 aliphatic heterocycles. The van der Waals surface area contributed by atoms with Crippen LogP contribution in [0.1, 0.15) is 52.2 Å². The first-order chi connectivity index (χ1) is 11.2. The number of aryl methyl sites for hydroxylation is 2. The third-order valence-corrected chi connectivity index (χ3v) is 6.16. The van der Waals surface area contributed by atoms with E-state index in [-0.39, 0.29) is 16.7 Å². The van der Waals surface area contributed by atoms with E-state index in [9.17, 15) is 4.79 Å². The first kappa shape index (κ1) is 19.2. The molecule has 0 aliphatic rings. The van der Waals surface area contributed by atoms with Crippen molar-refractivity contribution in [2.24, 2.45) is 0 Å². The molecule has 0 saturated carbocycles. The summed E-state index contributed by atoms with van der Waals surface area (Å²) in [6.07, 6.45) is 0.992. The minimum Gasteiger partial charge on any atom is -0.337 e. The highest BCUT2D eigenvalue weighted by atomic mass is 32.2. The zero-order valence-corrected chi connectivity index (χ0v) is 17.3. The van der Waals surface area contributed by atoms with E-state index >= 15 is 0 Å². The Balaban J connectivity index is 2.31. The lowest BCUT2D eigenvalue weighted by Gasteiger charge is -2.36. The molecular weight excluding hydrogens is 338 g/mol. The molecule has 0 aliphatic carbocycles. The van der Waals surface area contributed by atoms with Crippen molar-refractivity contribution < 1.29 is 4.79 Å². The van der Waals surface area contributed by atoms with Crippen LogP contribution in [0.15, 0.2) is 11.1 Å². The van der Waals surface area contributed by atoms with Crippen LogP contribution in [0.5, 0.6) is 0 Å². The minimum absolute atomic E-state index is 0.158. The molecule has 0 spiro atoms. The molecular formula is C18H27N3OS2. The minimum atomic E-state index is -0.174. The summed E-state index contributed by atoms with van der Waals surface area (Å²) in [4.78, 5) is 26.3. The average molecular weight is 366 g/mol. The summed E-state index contributed by atoms with van der Waals surface area (Å²) in [6, 6.07) is 2.17. The molecule has 0 saturated heterocycles. The fourth-order valence-electron chi connectivity index (χ4n) is 2.71. The van der Waals surface area contributed by atoms with Gasteiger partial charge in [-0.05, 0) is 54.0 Å². The number of hydrogen-bond donors (Lipinski definition) is 0. The highest BCUT2D eigenvalue weighted by molar-refractivity contribution is 8.00. The molecule has 2 aromatic rings. The Hall–Kier alpha value is -1.14. The van der Waals surface area contributed by atoms with Gasteiger partial charge in [0.1, 0.15) is 15.7 Å². The summed E-state index contributed by atoms with van der Waals surface area (Å²) in [5, 5.41) is 1.82. The number of rotatable bonds is 5. The monoisotopic (exact) mass is 365 g/mol. The van der Waals surface area contributed by atoms with Crippen LogP contribution in [0.2, 0.25) is 0 Å². The summed E-state index contributed by atoms with van der Waals surface area (Å²) < 4.78 is 0. The molecule has 2 heterocycles. The van der Waals surface area contributed by atoms with Gasteiger partial charge in [0.15, 0.2) is 0 Å². The van der Waals surface area contributed by atoms with Gasteiger partial charge < -0.3 is 4.90 Å². The van der Waals surface area contributed by atoms with E-state index in [0.29, 0.717) is 6.54 Å². The summed E-state index contributed by atoms with van der Waals surface area (Å²) in [7, 11) is 0. The van der Waals surface area contributed by atoms with Gasteiger partial charge >= 0.3 is 0 Å². The lowest BCUT2D eigenvalue weighted by molar-refractivity contribution is -0.134. The number of hydrogen-bond acceptors (Lipinski definition) is 5. The third-order valence-electron chi connectivity index (χ3n) is 3.90. The molecule has 24 heavy (non-hydrogen) atoms. The van der Waals surface area contributed by atoms with Crippen LogP contribution in [0, 0.1) is 6.92 Å². The highest BCUT2D eigenvalue weighted by Crippen LogP contribution is 2.34. The van der Waals surface area contributed by atoms with Gasteiger partial charge in [0.25, 0.3) is 0 Å². The molecule has 1 atom stereocenters. The molecule has 0 fully saturated rings. The van der Waals surface area contributed by atoms with Gasteiger partial charge in [-0.25, -0.2) is 9.97 Å². The topological polar surface area (TPSA) is 46.1 Å². The number of aromatic nitrogens is 2. The Morgan fingerprint density at radius 3 is 2.54 bits per heavy atom. The fraction of sp³-hybridized carbons (Fsp3) is 0.611. The summed E-state index contributed by atoms with van der Waals surface area (Å²) in [5.74, 6) is 0.919. The van der Waals surface area contributed by atoms with Crippen molar-refractivity contribution in [1.82, 2.24) is 14.9 Å². The second kappa shape index (κ2) is 7.40. The molecule has 1 amide bonds. The van der Waals surface area contributed by atoms with Crippen LogP contribution in [-0.2, 0) is 11.2 Å². The van der Waals surface area contributed by atoms with Gasteiger partial charge in [-0.15, -0.1) is 11.3 Å². The van der Waals surface area contributed by atoms with Crippen molar-refractivity contribution in [3.05, 3.63) is 16.8 Å². The molecule has 132 valence electrons. The predicted molar refractivity (Wildman–Crippen MR) is 104 cm³/mol. The van der Waals surface area contributed by atoms with Crippen molar-refractivity contribution in [3.63, 3.8) is 0 Å². The van der Waals surface area contributed by atoms with Gasteiger partial charge in [0, 0.05) is 22.3 Å². The smallest absolute Gasteiger partial charge is 0.236 e. The van der Waals surface area contributed by atoms with E-state index in [1.807, 2.05) is 25.7 Å². The molecule has 0 radical (unpaired) electrons. The normalized spacial score (nSPS) is 13.3. The number of fused-ring (bicyclic) bond motifs is 1. The second-order valence-corrected chi connectivity index (χ2v) is 9.32. The van der Waals surface area contributed by atoms with Crippen molar-refractivity contribution in [2.45, 2.75) is 70.7 Å². The number of nitrogens with zero attached hydrogens (tertiary/aromatic N) is 3. The summed E-state index contributed by atoms with van der Waals surface area (Å²) in [5.41, 5.74) is -0.171. The van der Waals surface area contributed by atoms with Crippen LogP contribution in [0.25, 0.3) is 10.2 Å². The van der Waals surface area contributed by atoms with Crippen molar-refractivity contribution in [1.29, 1.82) is 0 Å². The van der Waals surface area contributed by atoms with Crippen LogP contribution in [-0.4, -0.2) is 38.1 Å². The first-order valence-electron chi connectivity index (χ1n) is 8.42. The van der Waals surface area contributed by atoms with Gasteiger partial charge in [-0.3, -0.25) is 4.79 Å². The zero-order chi connectivity index (χ0) is 18.1. The number of thioether (sulfide) groups is 1. The Morgan fingerprint density at radius 2 is 2.00 bits per heavy atom. The van der Waals surface area contributed by atoms with E-state index in [1.165, 1.54) is 4.88 Å². The third kappa shape index (κ3) is 4.09. The van der Waals surface area contributed by atoms with Gasteiger partial charge in [-0.1, -0.05) is 18.7 Å². The Labute approximate surface area is 153 Å². The number of amides is 1. The van der Waals surface area contributed by atoms with Crippen LogP contribution < -0.4 is 0 Å². The Morgan fingerprint density at radius 1 is 1.33 bits per heavy atom. The number of thiophene rings is 1. The van der Waals surface area contributed by atoms with Crippen molar-refractivity contribution in [2.75, 3.05) is 6.54 Å². The van der Waals surface area contributed by atoms with E-state index in [1.54, 1.807) is 23.1 Å². The lowest BCUT2D eigenvalue weighted by atomic mass is 10.1. The van der Waals surface area contributed by atoms with Crippen molar-refractivity contribution >= 4 is 39.2 Å². The first-order valence-corrected chi connectivity index (χ1v) is 10.1. The van der Waals surface area contributed by atoms with E-state index in [2.05, 4.69) is 43.7 Å². The molecule has 0 aromatic carbocycles. The molecule has 0 bridgehead atoms. The zero-order valence-electron chi connectivity index (χ0n) is 15.6. The van der Waals surface area contributed by atoms with Gasteiger partial charge in [0.05, 0.1) is 5.25 Å². The molecule has 2 aromatic heterocycles. The second-order valence-electron chi connectivity index (χ2n) is 6.87. The maximum absolute atomic E-state index is 12.9. The quantitative estimate of drug-likeness (QED) is 0.569. The van der Waals surface area contributed by atoms with E-state index in [0.717, 1.165) is 27.5 Å². The van der Waals surface area contributed by atoms with Crippen LogP contribution in [0.4, 0.5) is 0 Å². The van der Waals surface area contributed by atoms with Gasteiger partial charge in [-0.2, -0.15) is 0 Å². The molecule has 4 nitrogen and oxygen atoms in total. The largest absolute Gasteiger partial charge is 0.337 e. The standard InChI is InChI=1S/C18H27N3OS2/c1-8-13-10-14-15(19-12(4)20-16(14)24-13)23-11(3)17(22)21(9-2)18(5,6)7/h10-11H,8-9H2,1-7H3. The van der Waals surface area contributed by atoms with Crippen molar-refractivity contribution in [3.8, 4) is 0 Å². The highest BCUT2D eigenvalue weighted by Gasteiger charge is 2.29. The lowest BCUT2D eigenvalue weighted by Crippen LogP contribution is -2.48. The Bertz CT molecular complexity index is 734. The average Bonchev–Trinajstić information content (AvgIpc) is 2.89.